The zero-order chi connectivity index (χ0) is 14.7. The Balaban J connectivity index is 2.51. The standard InChI is InChI=1S/C17H20ClNO/c1-11-9-13(10-12(2)17(11)20-4)16(19-3)14-7-5-6-8-15(14)18/h5-10,16,19H,1-4H3. The Labute approximate surface area is 125 Å². The molecule has 0 heterocycles. The minimum absolute atomic E-state index is 0.0759. The van der Waals surface area contributed by atoms with E-state index in [1.807, 2.05) is 25.2 Å². The van der Waals surface area contributed by atoms with Crippen LogP contribution in [0, 0.1) is 13.8 Å². The van der Waals surface area contributed by atoms with Gasteiger partial charge in [0.15, 0.2) is 0 Å². The van der Waals surface area contributed by atoms with Gasteiger partial charge in [-0.1, -0.05) is 41.9 Å². The molecule has 2 nitrogen and oxygen atoms in total. The summed E-state index contributed by atoms with van der Waals surface area (Å²) >= 11 is 6.32. The minimum atomic E-state index is 0.0759. The van der Waals surface area contributed by atoms with E-state index < -0.39 is 0 Å². The van der Waals surface area contributed by atoms with Crippen LogP contribution >= 0.6 is 11.6 Å². The molecule has 0 saturated heterocycles. The van der Waals surface area contributed by atoms with Crippen molar-refractivity contribution in [2.24, 2.45) is 0 Å². The van der Waals surface area contributed by atoms with Gasteiger partial charge < -0.3 is 10.1 Å². The van der Waals surface area contributed by atoms with Crippen LogP contribution in [0.4, 0.5) is 0 Å². The summed E-state index contributed by atoms with van der Waals surface area (Å²) in [5.41, 5.74) is 4.54. The van der Waals surface area contributed by atoms with Crippen LogP contribution in [0.1, 0.15) is 28.3 Å². The summed E-state index contributed by atoms with van der Waals surface area (Å²) in [5, 5.41) is 4.12. The number of halogens is 1. The molecule has 20 heavy (non-hydrogen) atoms. The van der Waals surface area contributed by atoms with Gasteiger partial charge in [0.1, 0.15) is 5.75 Å². The molecule has 0 aliphatic heterocycles. The van der Waals surface area contributed by atoms with Gasteiger partial charge in [-0.2, -0.15) is 0 Å². The highest BCUT2D eigenvalue weighted by atomic mass is 35.5. The van der Waals surface area contributed by atoms with E-state index in [1.54, 1.807) is 7.11 Å². The largest absolute Gasteiger partial charge is 0.496 e. The van der Waals surface area contributed by atoms with Crippen LogP contribution in [-0.4, -0.2) is 14.2 Å². The fourth-order valence-corrected chi connectivity index (χ4v) is 2.93. The van der Waals surface area contributed by atoms with Gasteiger partial charge in [-0.3, -0.25) is 0 Å². The summed E-state index contributed by atoms with van der Waals surface area (Å²) in [7, 11) is 3.65. The molecule has 0 radical (unpaired) electrons. The summed E-state index contributed by atoms with van der Waals surface area (Å²) in [5.74, 6) is 0.947. The third kappa shape index (κ3) is 2.82. The molecule has 0 amide bonds. The normalized spacial score (nSPS) is 12.2. The van der Waals surface area contributed by atoms with Gasteiger partial charge in [0.25, 0.3) is 0 Å². The van der Waals surface area contributed by atoms with E-state index in [1.165, 1.54) is 5.56 Å². The van der Waals surface area contributed by atoms with Gasteiger partial charge in [-0.25, -0.2) is 0 Å². The van der Waals surface area contributed by atoms with Crippen molar-refractivity contribution < 1.29 is 4.74 Å². The molecule has 0 aromatic heterocycles. The highest BCUT2D eigenvalue weighted by Gasteiger charge is 2.17. The van der Waals surface area contributed by atoms with Crippen molar-refractivity contribution in [3.05, 3.63) is 63.7 Å². The molecular formula is C17H20ClNO. The predicted molar refractivity (Wildman–Crippen MR) is 84.8 cm³/mol. The number of ether oxygens (including phenoxy) is 1. The molecular weight excluding hydrogens is 270 g/mol. The highest BCUT2D eigenvalue weighted by molar-refractivity contribution is 6.31. The second-order valence-corrected chi connectivity index (χ2v) is 5.34. The van der Waals surface area contributed by atoms with Crippen molar-refractivity contribution in [1.29, 1.82) is 0 Å². The lowest BCUT2D eigenvalue weighted by Crippen LogP contribution is -2.18. The third-order valence-corrected chi connectivity index (χ3v) is 3.87. The summed E-state index contributed by atoms with van der Waals surface area (Å²) in [6.07, 6.45) is 0. The van der Waals surface area contributed by atoms with E-state index in [0.717, 1.165) is 27.5 Å². The lowest BCUT2D eigenvalue weighted by Gasteiger charge is -2.21. The Morgan fingerprint density at radius 3 is 2.20 bits per heavy atom. The Hall–Kier alpha value is -1.51. The van der Waals surface area contributed by atoms with Gasteiger partial charge in [-0.05, 0) is 49.2 Å². The van der Waals surface area contributed by atoms with Crippen LogP contribution in [0.3, 0.4) is 0 Å². The lowest BCUT2D eigenvalue weighted by molar-refractivity contribution is 0.408. The van der Waals surface area contributed by atoms with Gasteiger partial charge in [0.05, 0.1) is 13.2 Å². The SMILES string of the molecule is CNC(c1cc(C)c(OC)c(C)c1)c1ccccc1Cl. The minimum Gasteiger partial charge on any atom is -0.496 e. The first kappa shape index (κ1) is 14.9. The number of aryl methyl sites for hydroxylation is 2. The Bertz CT molecular complexity index is 587. The first-order chi connectivity index (χ1) is 9.58. The molecule has 1 unspecified atom stereocenters. The second-order valence-electron chi connectivity index (χ2n) is 4.93. The zero-order valence-corrected chi connectivity index (χ0v) is 13.1. The summed E-state index contributed by atoms with van der Waals surface area (Å²) in [6, 6.07) is 12.3. The Morgan fingerprint density at radius 1 is 1.10 bits per heavy atom. The van der Waals surface area contributed by atoms with Gasteiger partial charge in [0, 0.05) is 5.02 Å². The average molecular weight is 290 g/mol. The first-order valence-corrected chi connectivity index (χ1v) is 7.03. The van der Waals surface area contributed by atoms with Crippen LogP contribution in [0.15, 0.2) is 36.4 Å². The summed E-state index contributed by atoms with van der Waals surface area (Å²) in [6.45, 7) is 4.13. The molecule has 0 fully saturated rings. The molecule has 1 atom stereocenters. The van der Waals surface area contributed by atoms with Crippen LogP contribution < -0.4 is 10.1 Å². The van der Waals surface area contributed by atoms with Crippen molar-refractivity contribution in [3.8, 4) is 5.75 Å². The number of benzene rings is 2. The van der Waals surface area contributed by atoms with Crippen LogP contribution in [0.2, 0.25) is 5.02 Å². The van der Waals surface area contributed by atoms with E-state index in [0.29, 0.717) is 0 Å². The van der Waals surface area contributed by atoms with E-state index in [2.05, 4.69) is 37.4 Å². The van der Waals surface area contributed by atoms with Gasteiger partial charge in [0.2, 0.25) is 0 Å². The van der Waals surface area contributed by atoms with E-state index in [-0.39, 0.29) is 6.04 Å². The monoisotopic (exact) mass is 289 g/mol. The summed E-state index contributed by atoms with van der Waals surface area (Å²) < 4.78 is 5.43. The van der Waals surface area contributed by atoms with E-state index in [9.17, 15) is 0 Å². The molecule has 0 bridgehead atoms. The molecule has 1 N–H and O–H groups in total. The smallest absolute Gasteiger partial charge is 0.124 e. The number of methoxy groups -OCH3 is 1. The van der Waals surface area contributed by atoms with Crippen molar-refractivity contribution in [2.45, 2.75) is 19.9 Å². The molecule has 2 rings (SSSR count). The van der Waals surface area contributed by atoms with Crippen LogP contribution in [0.5, 0.6) is 5.75 Å². The number of hydrogen-bond acceptors (Lipinski definition) is 2. The second kappa shape index (κ2) is 6.29. The topological polar surface area (TPSA) is 21.3 Å². The van der Waals surface area contributed by atoms with Crippen LogP contribution in [0.25, 0.3) is 0 Å². The van der Waals surface area contributed by atoms with Crippen molar-refractivity contribution >= 4 is 11.6 Å². The van der Waals surface area contributed by atoms with Crippen molar-refractivity contribution in [3.63, 3.8) is 0 Å². The van der Waals surface area contributed by atoms with Crippen molar-refractivity contribution in [2.75, 3.05) is 14.2 Å². The number of hydrogen-bond donors (Lipinski definition) is 1. The molecule has 3 heteroatoms. The lowest BCUT2D eigenvalue weighted by atomic mass is 9.95. The number of nitrogens with one attached hydrogen (secondary N) is 1. The molecule has 2 aromatic rings. The van der Waals surface area contributed by atoms with E-state index in [4.69, 9.17) is 16.3 Å². The van der Waals surface area contributed by atoms with Gasteiger partial charge >= 0.3 is 0 Å². The average Bonchev–Trinajstić information content (AvgIpc) is 2.41. The molecule has 0 aliphatic rings. The third-order valence-electron chi connectivity index (χ3n) is 3.53. The maximum Gasteiger partial charge on any atom is 0.124 e. The first-order valence-electron chi connectivity index (χ1n) is 6.65. The van der Waals surface area contributed by atoms with E-state index >= 15 is 0 Å². The predicted octanol–water partition coefficient (Wildman–Crippen LogP) is 4.27. The van der Waals surface area contributed by atoms with Gasteiger partial charge in [-0.15, -0.1) is 0 Å². The fraction of sp³-hybridized carbons (Fsp3) is 0.294. The van der Waals surface area contributed by atoms with Crippen molar-refractivity contribution in [1.82, 2.24) is 5.32 Å². The maximum atomic E-state index is 6.32. The molecule has 0 saturated carbocycles. The highest BCUT2D eigenvalue weighted by Crippen LogP contribution is 2.32. The zero-order valence-electron chi connectivity index (χ0n) is 12.3. The molecule has 106 valence electrons. The maximum absolute atomic E-state index is 6.32. The Morgan fingerprint density at radius 2 is 1.70 bits per heavy atom. The summed E-state index contributed by atoms with van der Waals surface area (Å²) in [4.78, 5) is 0. The molecule has 2 aromatic carbocycles. The quantitative estimate of drug-likeness (QED) is 0.907. The van der Waals surface area contributed by atoms with Crippen LogP contribution in [-0.2, 0) is 0 Å². The molecule has 0 aliphatic carbocycles. The number of rotatable bonds is 4. The Kier molecular flexibility index (Phi) is 4.69. The molecule has 0 spiro atoms. The fourth-order valence-electron chi connectivity index (χ4n) is 2.68.